The Balaban J connectivity index is 1.45. The van der Waals surface area contributed by atoms with Crippen LogP contribution in [-0.4, -0.2) is 84.6 Å². The Kier molecular flexibility index (Phi) is 7.98. The van der Waals surface area contributed by atoms with E-state index in [4.69, 9.17) is 14.7 Å². The third-order valence-corrected chi connectivity index (χ3v) is 8.04. The molecule has 9 nitrogen and oxygen atoms in total. The molecule has 0 radical (unpaired) electrons. The fourth-order valence-electron chi connectivity index (χ4n) is 5.89. The number of ether oxygens (including phenoxy) is 1. The Bertz CT molecular complexity index is 1280. The molecule has 0 spiro atoms. The van der Waals surface area contributed by atoms with E-state index in [9.17, 15) is 10.1 Å². The molecule has 1 amide bonds. The minimum absolute atomic E-state index is 0.166. The first-order valence-corrected chi connectivity index (χ1v) is 13.6. The van der Waals surface area contributed by atoms with Gasteiger partial charge >= 0.3 is 6.01 Å². The van der Waals surface area contributed by atoms with Gasteiger partial charge in [-0.2, -0.15) is 15.2 Å². The fourth-order valence-corrected chi connectivity index (χ4v) is 5.89. The van der Waals surface area contributed by atoms with Gasteiger partial charge in [0.2, 0.25) is 5.91 Å². The third kappa shape index (κ3) is 5.69. The number of benzene rings is 1. The molecule has 1 aromatic carbocycles. The van der Waals surface area contributed by atoms with Gasteiger partial charge in [0.15, 0.2) is 0 Å². The van der Waals surface area contributed by atoms with Crippen LogP contribution >= 0.6 is 0 Å². The van der Waals surface area contributed by atoms with Crippen LogP contribution in [0.25, 0.3) is 0 Å². The number of halogens is 1. The Morgan fingerprint density at radius 1 is 1.23 bits per heavy atom. The number of aromatic nitrogens is 2. The summed E-state index contributed by atoms with van der Waals surface area (Å²) < 4.78 is 21.2. The van der Waals surface area contributed by atoms with Crippen LogP contribution in [0.5, 0.6) is 6.01 Å². The zero-order valence-corrected chi connectivity index (χ0v) is 22.8. The zero-order valence-electron chi connectivity index (χ0n) is 22.8. The summed E-state index contributed by atoms with van der Waals surface area (Å²) in [5.74, 6) is 0.835. The molecule has 0 N–H and O–H groups in total. The van der Waals surface area contributed by atoms with Crippen LogP contribution in [0.1, 0.15) is 29.7 Å². The molecule has 1 aromatic heterocycles. The van der Waals surface area contributed by atoms with E-state index in [2.05, 4.69) is 29.5 Å². The van der Waals surface area contributed by atoms with E-state index in [-0.39, 0.29) is 24.2 Å². The molecule has 4 heterocycles. The molecule has 0 aliphatic carbocycles. The number of fused-ring (bicyclic) bond motifs is 1. The molecule has 2 fully saturated rings. The lowest BCUT2D eigenvalue weighted by atomic mass is 10.0. The largest absolute Gasteiger partial charge is 0.463 e. The van der Waals surface area contributed by atoms with E-state index < -0.39 is 0 Å². The molecule has 10 heteroatoms. The predicted molar refractivity (Wildman–Crippen MR) is 147 cm³/mol. The number of nitrogens with zero attached hydrogens (tertiary/aromatic N) is 7. The van der Waals surface area contributed by atoms with Crippen LogP contribution < -0.4 is 14.5 Å². The van der Waals surface area contributed by atoms with Crippen LogP contribution in [0.3, 0.4) is 0 Å². The SMILES string of the molecule is C=CC(=O)N1CCN(c2nc(OC[C@@H]3CCN(C)C3)nc3c2CCN(c2cccc(C)c2F)C3)CC1CC#N. The van der Waals surface area contributed by atoms with E-state index in [0.717, 1.165) is 36.6 Å². The van der Waals surface area contributed by atoms with Crippen molar-refractivity contribution < 1.29 is 13.9 Å². The molecule has 39 heavy (non-hydrogen) atoms. The summed E-state index contributed by atoms with van der Waals surface area (Å²) in [6, 6.07) is 7.75. The monoisotopic (exact) mass is 533 g/mol. The number of anilines is 2. The first-order chi connectivity index (χ1) is 18.9. The minimum atomic E-state index is -0.264. The maximum absolute atomic E-state index is 15.0. The molecule has 3 aliphatic rings. The van der Waals surface area contributed by atoms with Gasteiger partial charge in [-0.1, -0.05) is 18.7 Å². The molecular weight excluding hydrogens is 497 g/mol. The molecule has 5 rings (SSSR count). The second-order valence-electron chi connectivity index (χ2n) is 10.8. The van der Waals surface area contributed by atoms with Crippen LogP contribution in [0, 0.1) is 30.0 Å². The van der Waals surface area contributed by atoms with Crippen molar-refractivity contribution in [1.82, 2.24) is 19.8 Å². The summed E-state index contributed by atoms with van der Waals surface area (Å²) in [5.41, 5.74) is 3.03. The Morgan fingerprint density at radius 3 is 2.82 bits per heavy atom. The summed E-state index contributed by atoms with van der Waals surface area (Å²) in [5, 5.41) is 9.44. The molecule has 206 valence electrons. The van der Waals surface area contributed by atoms with Gasteiger partial charge in [0.1, 0.15) is 11.6 Å². The molecule has 2 saturated heterocycles. The van der Waals surface area contributed by atoms with Gasteiger partial charge in [-0.25, -0.2) is 4.39 Å². The Labute approximate surface area is 229 Å². The molecular formula is C29H36FN7O2. The number of carbonyl (C=O) groups excluding carboxylic acids is 1. The van der Waals surface area contributed by atoms with Gasteiger partial charge in [0.05, 0.1) is 43.1 Å². The van der Waals surface area contributed by atoms with Crippen molar-refractivity contribution >= 4 is 17.4 Å². The van der Waals surface area contributed by atoms with Gasteiger partial charge in [-0.05, 0) is 51.1 Å². The van der Waals surface area contributed by atoms with Crippen molar-refractivity contribution in [2.45, 2.75) is 38.8 Å². The summed E-state index contributed by atoms with van der Waals surface area (Å²) in [6.07, 6.45) is 3.25. The number of amides is 1. The summed E-state index contributed by atoms with van der Waals surface area (Å²) in [4.78, 5) is 30.3. The molecule has 0 bridgehead atoms. The predicted octanol–water partition coefficient (Wildman–Crippen LogP) is 2.93. The van der Waals surface area contributed by atoms with E-state index >= 15 is 4.39 Å². The van der Waals surface area contributed by atoms with Gasteiger partial charge in [-0.15, -0.1) is 0 Å². The Morgan fingerprint density at radius 2 is 2.08 bits per heavy atom. The zero-order chi connectivity index (χ0) is 27.5. The molecule has 0 saturated carbocycles. The minimum Gasteiger partial charge on any atom is -0.463 e. The topological polar surface area (TPSA) is 88.8 Å². The van der Waals surface area contributed by atoms with E-state index in [1.54, 1.807) is 17.9 Å². The second-order valence-corrected chi connectivity index (χ2v) is 10.8. The third-order valence-electron chi connectivity index (χ3n) is 8.04. The average molecular weight is 534 g/mol. The number of aryl methyl sites for hydroxylation is 1. The quantitative estimate of drug-likeness (QED) is 0.502. The molecule has 2 atom stereocenters. The number of rotatable bonds is 7. The van der Waals surface area contributed by atoms with Crippen molar-refractivity contribution in [2.24, 2.45) is 5.92 Å². The highest BCUT2D eigenvalue weighted by Gasteiger charge is 2.33. The summed E-state index contributed by atoms with van der Waals surface area (Å²) in [6.45, 7) is 10.6. The van der Waals surface area contributed by atoms with Crippen molar-refractivity contribution in [2.75, 3.05) is 62.7 Å². The van der Waals surface area contributed by atoms with Crippen LogP contribution in [0.4, 0.5) is 15.9 Å². The van der Waals surface area contributed by atoms with Crippen LogP contribution in [0.2, 0.25) is 0 Å². The highest BCUT2D eigenvalue weighted by Crippen LogP contribution is 2.33. The molecule has 1 unspecified atom stereocenters. The number of piperazine rings is 1. The summed E-state index contributed by atoms with van der Waals surface area (Å²) >= 11 is 0. The van der Waals surface area contributed by atoms with E-state index in [1.807, 2.05) is 17.0 Å². The lowest BCUT2D eigenvalue weighted by Gasteiger charge is -2.42. The fraction of sp³-hybridized carbons (Fsp3) is 0.517. The average Bonchev–Trinajstić information content (AvgIpc) is 3.37. The molecule has 3 aliphatic heterocycles. The molecule has 2 aromatic rings. The number of hydrogen-bond acceptors (Lipinski definition) is 8. The standard InChI is InChI=1S/C29H36FN7O2/c1-4-26(38)37-15-14-36(17-22(37)8-11-31)28-23-10-13-35(25-7-5-6-20(2)27(25)30)18-24(23)32-29(33-28)39-19-21-9-12-34(3)16-21/h4-7,21-22H,1,8-10,12-19H2,2-3H3/t21-,22?/m1/s1. The Hall–Kier alpha value is -3.71. The van der Waals surface area contributed by atoms with Crippen molar-refractivity contribution in [3.63, 3.8) is 0 Å². The van der Waals surface area contributed by atoms with Crippen molar-refractivity contribution in [3.8, 4) is 12.1 Å². The normalized spacial score (nSPS) is 21.4. The highest BCUT2D eigenvalue weighted by molar-refractivity contribution is 5.87. The van der Waals surface area contributed by atoms with E-state index in [0.29, 0.717) is 68.9 Å². The van der Waals surface area contributed by atoms with Gasteiger partial charge in [-0.3, -0.25) is 4.79 Å². The van der Waals surface area contributed by atoms with E-state index in [1.165, 1.54) is 6.08 Å². The first kappa shape index (κ1) is 26.9. The number of hydrogen-bond donors (Lipinski definition) is 0. The van der Waals surface area contributed by atoms with Crippen molar-refractivity contribution in [3.05, 3.63) is 53.5 Å². The summed E-state index contributed by atoms with van der Waals surface area (Å²) in [7, 11) is 2.11. The number of nitriles is 1. The van der Waals surface area contributed by atoms with Gasteiger partial charge in [0.25, 0.3) is 0 Å². The number of carbonyl (C=O) groups is 1. The highest BCUT2D eigenvalue weighted by atomic mass is 19.1. The smallest absolute Gasteiger partial charge is 0.318 e. The first-order valence-electron chi connectivity index (χ1n) is 13.6. The van der Waals surface area contributed by atoms with Crippen LogP contribution in [0.15, 0.2) is 30.9 Å². The lowest BCUT2D eigenvalue weighted by Crippen LogP contribution is -2.55. The maximum atomic E-state index is 15.0. The van der Waals surface area contributed by atoms with Gasteiger partial charge in [0, 0.05) is 44.2 Å². The van der Waals surface area contributed by atoms with Crippen molar-refractivity contribution in [1.29, 1.82) is 5.26 Å². The number of likely N-dealkylation sites (tertiary alicyclic amines) is 1. The lowest BCUT2D eigenvalue weighted by molar-refractivity contribution is -0.128. The van der Waals surface area contributed by atoms with Gasteiger partial charge < -0.3 is 24.3 Å². The second kappa shape index (κ2) is 11.6. The maximum Gasteiger partial charge on any atom is 0.318 e. The van der Waals surface area contributed by atoms with Crippen LogP contribution in [-0.2, 0) is 17.8 Å².